The maximum Gasteiger partial charge on any atom is 0.290 e. The third-order valence-electron chi connectivity index (χ3n) is 4.05. The van der Waals surface area contributed by atoms with E-state index in [0.29, 0.717) is 19.0 Å². The number of amides is 1. The molecule has 116 valence electrons. The lowest BCUT2D eigenvalue weighted by Crippen LogP contribution is -2.61. The molecule has 1 unspecified atom stereocenters. The maximum atomic E-state index is 12.9. The molecule has 0 bridgehead atoms. The molecule has 1 aromatic heterocycles. The summed E-state index contributed by atoms with van der Waals surface area (Å²) in [6.07, 6.45) is 2.31. The van der Waals surface area contributed by atoms with Crippen LogP contribution in [-0.2, 0) is 11.2 Å². The lowest BCUT2D eigenvalue weighted by atomic mass is 9.94. The van der Waals surface area contributed by atoms with Crippen molar-refractivity contribution in [2.24, 2.45) is 0 Å². The molecule has 2 aromatic rings. The molecule has 0 saturated carbocycles. The predicted octanol–water partition coefficient (Wildman–Crippen LogP) is 3.14. The highest BCUT2D eigenvalue weighted by molar-refractivity contribution is 5.92. The van der Waals surface area contributed by atoms with Crippen molar-refractivity contribution in [2.75, 3.05) is 13.2 Å². The molecule has 1 aromatic carbocycles. The summed E-state index contributed by atoms with van der Waals surface area (Å²) in [5, 5.41) is 0. The van der Waals surface area contributed by atoms with Crippen LogP contribution in [0.1, 0.15) is 30.0 Å². The van der Waals surface area contributed by atoms with Crippen LogP contribution < -0.4 is 0 Å². The van der Waals surface area contributed by atoms with E-state index in [2.05, 4.69) is 12.1 Å². The molecule has 0 radical (unpaired) electrons. The van der Waals surface area contributed by atoms with Gasteiger partial charge in [0.05, 0.1) is 31.1 Å². The summed E-state index contributed by atoms with van der Waals surface area (Å²) < 4.78 is 11.1. The van der Waals surface area contributed by atoms with E-state index in [9.17, 15) is 4.79 Å². The fourth-order valence-electron chi connectivity index (χ4n) is 3.08. The number of ether oxygens (including phenoxy) is 1. The molecule has 4 heteroatoms. The van der Waals surface area contributed by atoms with Gasteiger partial charge < -0.3 is 14.1 Å². The van der Waals surface area contributed by atoms with Gasteiger partial charge in [0.2, 0.25) is 0 Å². The lowest BCUT2D eigenvalue weighted by Gasteiger charge is -2.47. The van der Waals surface area contributed by atoms with E-state index in [1.165, 1.54) is 11.8 Å². The first-order chi connectivity index (χ1) is 10.6. The largest absolute Gasteiger partial charge is 0.459 e. The number of rotatable bonds is 3. The van der Waals surface area contributed by atoms with Crippen molar-refractivity contribution in [1.29, 1.82) is 0 Å². The normalized spacial score (nSPS) is 20.8. The minimum Gasteiger partial charge on any atom is -0.459 e. The first kappa shape index (κ1) is 14.9. The number of nitrogens with zero attached hydrogens (tertiary/aromatic N) is 1. The summed E-state index contributed by atoms with van der Waals surface area (Å²) in [4.78, 5) is 14.8. The Bertz CT molecular complexity index is 619. The molecule has 3 rings (SSSR count). The second kappa shape index (κ2) is 5.97. The van der Waals surface area contributed by atoms with Crippen LogP contribution in [0.4, 0.5) is 0 Å². The Morgan fingerprint density at radius 2 is 2.00 bits per heavy atom. The summed E-state index contributed by atoms with van der Waals surface area (Å²) in [5.41, 5.74) is 0.840. The van der Waals surface area contributed by atoms with Gasteiger partial charge in [-0.3, -0.25) is 4.79 Å². The van der Waals surface area contributed by atoms with Crippen LogP contribution in [0.2, 0.25) is 0 Å². The lowest BCUT2D eigenvalue weighted by molar-refractivity contribution is -0.0713. The minimum atomic E-state index is -0.360. The van der Waals surface area contributed by atoms with Crippen LogP contribution in [0, 0.1) is 0 Å². The Labute approximate surface area is 130 Å². The van der Waals surface area contributed by atoms with E-state index < -0.39 is 0 Å². The second-order valence-electron chi connectivity index (χ2n) is 6.32. The first-order valence-corrected chi connectivity index (χ1v) is 7.57. The van der Waals surface area contributed by atoms with E-state index in [1.54, 1.807) is 12.1 Å². The molecule has 1 aliphatic heterocycles. The molecule has 2 heterocycles. The number of hydrogen-bond donors (Lipinski definition) is 0. The molecule has 1 amide bonds. The molecule has 1 saturated heterocycles. The van der Waals surface area contributed by atoms with Crippen molar-refractivity contribution < 1.29 is 13.9 Å². The van der Waals surface area contributed by atoms with Gasteiger partial charge in [-0.05, 0) is 38.0 Å². The molecule has 1 aliphatic rings. The quantitative estimate of drug-likeness (QED) is 0.874. The van der Waals surface area contributed by atoms with Gasteiger partial charge in [0, 0.05) is 0 Å². The fourth-order valence-corrected chi connectivity index (χ4v) is 3.08. The standard InChI is InChI=1S/C18H21NO3/c1-18(2)13-21-12-15(11-14-7-4-3-5-8-14)19(18)17(20)16-9-6-10-22-16/h3-10,15H,11-13H2,1-2H3. The fraction of sp³-hybridized carbons (Fsp3) is 0.389. The van der Waals surface area contributed by atoms with Crippen molar-refractivity contribution in [3.05, 3.63) is 60.1 Å². The first-order valence-electron chi connectivity index (χ1n) is 7.57. The van der Waals surface area contributed by atoms with E-state index in [-0.39, 0.29) is 17.5 Å². The van der Waals surface area contributed by atoms with Crippen LogP contribution in [0.25, 0.3) is 0 Å². The highest BCUT2D eigenvalue weighted by Crippen LogP contribution is 2.28. The molecule has 1 fully saturated rings. The van der Waals surface area contributed by atoms with Gasteiger partial charge in [-0.1, -0.05) is 30.3 Å². The SMILES string of the molecule is CC1(C)COCC(Cc2ccccc2)N1C(=O)c1ccco1. The Kier molecular flexibility index (Phi) is 4.03. The van der Waals surface area contributed by atoms with Crippen LogP contribution in [0.15, 0.2) is 53.1 Å². The van der Waals surface area contributed by atoms with Crippen LogP contribution in [0.3, 0.4) is 0 Å². The van der Waals surface area contributed by atoms with Crippen molar-refractivity contribution in [3.8, 4) is 0 Å². The highest BCUT2D eigenvalue weighted by atomic mass is 16.5. The van der Waals surface area contributed by atoms with E-state index in [1.807, 2.05) is 36.9 Å². The van der Waals surface area contributed by atoms with E-state index >= 15 is 0 Å². The predicted molar refractivity (Wildman–Crippen MR) is 83.7 cm³/mol. The monoisotopic (exact) mass is 299 g/mol. The molecular weight excluding hydrogens is 278 g/mol. The number of carbonyl (C=O) groups is 1. The number of carbonyl (C=O) groups excluding carboxylic acids is 1. The number of morpholine rings is 1. The zero-order valence-electron chi connectivity index (χ0n) is 13.0. The molecule has 1 atom stereocenters. The average Bonchev–Trinajstić information content (AvgIpc) is 3.01. The van der Waals surface area contributed by atoms with E-state index in [4.69, 9.17) is 9.15 Å². The topological polar surface area (TPSA) is 42.7 Å². The smallest absolute Gasteiger partial charge is 0.290 e. The van der Waals surface area contributed by atoms with Gasteiger partial charge in [0.15, 0.2) is 5.76 Å². The third kappa shape index (κ3) is 2.92. The zero-order valence-corrected chi connectivity index (χ0v) is 13.0. The molecule has 4 nitrogen and oxygen atoms in total. The Hall–Kier alpha value is -2.07. The Balaban J connectivity index is 1.87. The van der Waals surface area contributed by atoms with Gasteiger partial charge in [-0.15, -0.1) is 0 Å². The third-order valence-corrected chi connectivity index (χ3v) is 4.05. The van der Waals surface area contributed by atoms with Crippen molar-refractivity contribution in [2.45, 2.75) is 31.8 Å². The van der Waals surface area contributed by atoms with Crippen LogP contribution in [0.5, 0.6) is 0 Å². The molecule has 22 heavy (non-hydrogen) atoms. The average molecular weight is 299 g/mol. The Morgan fingerprint density at radius 1 is 1.23 bits per heavy atom. The molecule has 0 N–H and O–H groups in total. The van der Waals surface area contributed by atoms with Crippen molar-refractivity contribution in [3.63, 3.8) is 0 Å². The summed E-state index contributed by atoms with van der Waals surface area (Å²) in [7, 11) is 0. The van der Waals surface area contributed by atoms with Crippen molar-refractivity contribution in [1.82, 2.24) is 4.90 Å². The zero-order chi connectivity index (χ0) is 15.6. The molecule has 0 aliphatic carbocycles. The summed E-state index contributed by atoms with van der Waals surface area (Å²) >= 11 is 0. The van der Waals surface area contributed by atoms with Gasteiger partial charge in [0.25, 0.3) is 5.91 Å². The molecule has 0 spiro atoms. The van der Waals surface area contributed by atoms with Crippen LogP contribution in [-0.4, -0.2) is 35.6 Å². The van der Waals surface area contributed by atoms with Gasteiger partial charge in [0.1, 0.15) is 0 Å². The minimum absolute atomic E-state index is 0.00347. The van der Waals surface area contributed by atoms with Gasteiger partial charge in [-0.25, -0.2) is 0 Å². The van der Waals surface area contributed by atoms with Crippen LogP contribution >= 0.6 is 0 Å². The number of benzene rings is 1. The van der Waals surface area contributed by atoms with Gasteiger partial charge >= 0.3 is 0 Å². The Morgan fingerprint density at radius 3 is 2.68 bits per heavy atom. The summed E-state index contributed by atoms with van der Waals surface area (Å²) in [6, 6.07) is 13.7. The summed E-state index contributed by atoms with van der Waals surface area (Å²) in [5.74, 6) is 0.312. The van der Waals surface area contributed by atoms with Gasteiger partial charge in [-0.2, -0.15) is 0 Å². The summed E-state index contributed by atoms with van der Waals surface area (Å²) in [6.45, 7) is 5.14. The highest BCUT2D eigenvalue weighted by Gasteiger charge is 2.41. The number of furan rings is 1. The molecular formula is C18H21NO3. The maximum absolute atomic E-state index is 12.9. The van der Waals surface area contributed by atoms with E-state index in [0.717, 1.165) is 6.42 Å². The van der Waals surface area contributed by atoms with Crippen molar-refractivity contribution >= 4 is 5.91 Å². The second-order valence-corrected chi connectivity index (χ2v) is 6.32. The number of hydrogen-bond acceptors (Lipinski definition) is 3.